The van der Waals surface area contributed by atoms with Crippen molar-refractivity contribution in [3.63, 3.8) is 0 Å². The Morgan fingerprint density at radius 1 is 1.19 bits per heavy atom. The van der Waals surface area contributed by atoms with Crippen LogP contribution in [0, 0.1) is 5.82 Å². The summed E-state index contributed by atoms with van der Waals surface area (Å²) in [5.41, 5.74) is 1.85. The molecule has 0 saturated carbocycles. The van der Waals surface area contributed by atoms with Gasteiger partial charge in [0.05, 0.1) is 18.2 Å². The normalized spacial score (nSPS) is 16.3. The second-order valence-corrected chi connectivity index (χ2v) is 7.96. The van der Waals surface area contributed by atoms with Crippen LogP contribution in [-0.2, 0) is 16.2 Å². The molecule has 1 N–H and O–H groups in total. The zero-order chi connectivity index (χ0) is 21.7. The van der Waals surface area contributed by atoms with Gasteiger partial charge < -0.3 is 15.0 Å². The van der Waals surface area contributed by atoms with Crippen molar-refractivity contribution >= 4 is 40.2 Å². The first-order valence-corrected chi connectivity index (χ1v) is 10.1. The molecule has 0 aliphatic carbocycles. The highest BCUT2D eigenvalue weighted by atomic mass is 32.1. The van der Waals surface area contributed by atoms with Gasteiger partial charge in [0.25, 0.3) is 11.5 Å². The van der Waals surface area contributed by atoms with E-state index in [1.165, 1.54) is 29.9 Å². The van der Waals surface area contributed by atoms with E-state index in [0.717, 1.165) is 17.0 Å². The summed E-state index contributed by atoms with van der Waals surface area (Å²) in [7, 11) is 1.32. The van der Waals surface area contributed by atoms with Crippen molar-refractivity contribution in [2.45, 2.75) is 6.67 Å². The molecule has 156 valence electrons. The predicted octanol–water partition coefficient (Wildman–Crippen LogP) is 1.04. The number of nitrogens with one attached hydrogen (secondary N) is 1. The van der Waals surface area contributed by atoms with Gasteiger partial charge >= 0.3 is 5.97 Å². The molecule has 0 radical (unpaired) electrons. The predicted molar refractivity (Wildman–Crippen MR) is 112 cm³/mol. The molecule has 31 heavy (non-hydrogen) atoms. The fourth-order valence-corrected chi connectivity index (χ4v) is 4.67. The molecule has 8 nitrogen and oxygen atoms in total. The molecule has 0 saturated heterocycles. The molecule has 0 unspecified atom stereocenters. The Morgan fingerprint density at radius 3 is 2.71 bits per heavy atom. The van der Waals surface area contributed by atoms with Crippen molar-refractivity contribution < 1.29 is 18.7 Å². The van der Waals surface area contributed by atoms with Crippen LogP contribution >= 0.6 is 11.3 Å². The number of rotatable bonds is 2. The van der Waals surface area contributed by atoms with Gasteiger partial charge in [0.15, 0.2) is 4.80 Å². The fraction of sp³-hybridized carbons (Fsp3) is 0.143. The first-order valence-electron chi connectivity index (χ1n) is 9.29. The number of nitrogens with zero attached hydrogens (tertiary/aromatic N) is 3. The SMILES string of the molecule is COC(=O)c1ccc(N2CN=c3sc(=C4C(=O)Nc5ccc(F)cc54)c(=O)n3C2)cc1. The Kier molecular flexibility index (Phi) is 4.44. The number of fused-ring (bicyclic) bond motifs is 2. The number of aromatic nitrogens is 1. The number of thiazole rings is 1. The molecule has 0 bridgehead atoms. The van der Waals surface area contributed by atoms with E-state index in [4.69, 9.17) is 4.74 Å². The minimum Gasteiger partial charge on any atom is -0.465 e. The average molecular weight is 438 g/mol. The Morgan fingerprint density at radius 2 is 1.97 bits per heavy atom. The zero-order valence-corrected chi connectivity index (χ0v) is 17.0. The highest BCUT2D eigenvalue weighted by Gasteiger charge is 2.28. The summed E-state index contributed by atoms with van der Waals surface area (Å²) in [6.45, 7) is 0.542. The minimum absolute atomic E-state index is 0.163. The lowest BCUT2D eigenvalue weighted by Crippen LogP contribution is -2.43. The van der Waals surface area contributed by atoms with Gasteiger partial charge in [0, 0.05) is 16.9 Å². The number of hydrogen-bond acceptors (Lipinski definition) is 7. The molecule has 3 aromatic rings. The maximum Gasteiger partial charge on any atom is 0.337 e. The lowest BCUT2D eigenvalue weighted by atomic mass is 10.1. The van der Waals surface area contributed by atoms with Crippen molar-refractivity contribution in [3.8, 4) is 0 Å². The maximum absolute atomic E-state index is 13.8. The van der Waals surface area contributed by atoms with E-state index in [1.807, 2.05) is 4.90 Å². The van der Waals surface area contributed by atoms with Crippen LogP contribution in [0.25, 0.3) is 5.57 Å². The monoisotopic (exact) mass is 438 g/mol. The van der Waals surface area contributed by atoms with Gasteiger partial charge in [-0.15, -0.1) is 0 Å². The summed E-state index contributed by atoms with van der Waals surface area (Å²) in [5, 5.41) is 2.67. The summed E-state index contributed by atoms with van der Waals surface area (Å²) in [6, 6.07) is 10.8. The number of ether oxygens (including phenoxy) is 1. The molecular formula is C21H15FN4O4S. The Labute approximate surface area is 178 Å². The van der Waals surface area contributed by atoms with Gasteiger partial charge in [0.2, 0.25) is 0 Å². The third kappa shape index (κ3) is 3.12. The van der Waals surface area contributed by atoms with E-state index < -0.39 is 17.7 Å². The molecule has 0 fully saturated rings. The number of halogens is 1. The second-order valence-electron chi connectivity index (χ2n) is 6.99. The molecule has 2 aromatic carbocycles. The summed E-state index contributed by atoms with van der Waals surface area (Å²) in [5.74, 6) is -1.35. The molecule has 3 heterocycles. The van der Waals surface area contributed by atoms with E-state index in [1.54, 1.807) is 24.3 Å². The average Bonchev–Trinajstić information content (AvgIpc) is 3.28. The quantitative estimate of drug-likeness (QED) is 0.604. The molecule has 2 aliphatic rings. The van der Waals surface area contributed by atoms with E-state index in [9.17, 15) is 18.8 Å². The molecule has 5 rings (SSSR count). The number of methoxy groups -OCH3 is 1. The molecular weight excluding hydrogens is 423 g/mol. The van der Waals surface area contributed by atoms with Gasteiger partial charge in [-0.25, -0.2) is 14.2 Å². The van der Waals surface area contributed by atoms with Crippen LogP contribution in [0.3, 0.4) is 0 Å². The second kappa shape index (κ2) is 7.17. The fourth-order valence-electron chi connectivity index (χ4n) is 3.62. The standard InChI is InChI=1S/C21H15FN4O4S/c1-30-20(29)11-2-5-13(6-3-11)25-9-23-21-26(10-25)19(28)17(31-21)16-14-8-12(22)4-7-15(14)24-18(16)27/h2-8H,9-10H2,1H3,(H,24,27). The summed E-state index contributed by atoms with van der Waals surface area (Å²) < 4.78 is 20.2. The van der Waals surface area contributed by atoms with Gasteiger partial charge in [-0.2, -0.15) is 0 Å². The van der Waals surface area contributed by atoms with Crippen molar-refractivity contribution in [1.82, 2.24) is 4.57 Å². The summed E-state index contributed by atoms with van der Waals surface area (Å²) >= 11 is 1.11. The first-order chi connectivity index (χ1) is 15.0. The van der Waals surface area contributed by atoms with E-state index in [2.05, 4.69) is 10.3 Å². The van der Waals surface area contributed by atoms with E-state index >= 15 is 0 Å². The molecule has 10 heteroatoms. The first kappa shape index (κ1) is 19.2. The van der Waals surface area contributed by atoms with Crippen LogP contribution in [0.2, 0.25) is 0 Å². The number of anilines is 2. The molecule has 2 aliphatic heterocycles. The minimum atomic E-state index is -0.486. The largest absolute Gasteiger partial charge is 0.465 e. The van der Waals surface area contributed by atoms with Crippen LogP contribution in [-0.4, -0.2) is 30.2 Å². The lowest BCUT2D eigenvalue weighted by molar-refractivity contribution is -0.110. The molecule has 1 amide bonds. The number of benzene rings is 2. The van der Waals surface area contributed by atoms with Crippen LogP contribution in [0.5, 0.6) is 0 Å². The lowest BCUT2D eigenvalue weighted by Gasteiger charge is -2.25. The van der Waals surface area contributed by atoms with Crippen LogP contribution in [0.15, 0.2) is 52.3 Å². The zero-order valence-electron chi connectivity index (χ0n) is 16.2. The van der Waals surface area contributed by atoms with Crippen LogP contribution in [0.4, 0.5) is 15.8 Å². The highest BCUT2D eigenvalue weighted by Crippen LogP contribution is 2.30. The smallest absolute Gasteiger partial charge is 0.337 e. The summed E-state index contributed by atoms with van der Waals surface area (Å²) in [4.78, 5) is 44.1. The topological polar surface area (TPSA) is 93.0 Å². The number of esters is 1. The van der Waals surface area contributed by atoms with Gasteiger partial charge in [-0.3, -0.25) is 14.2 Å². The van der Waals surface area contributed by atoms with Crippen molar-refractivity contribution in [1.29, 1.82) is 0 Å². The van der Waals surface area contributed by atoms with Gasteiger partial charge in [0.1, 0.15) is 23.7 Å². The van der Waals surface area contributed by atoms with Crippen LogP contribution in [0.1, 0.15) is 15.9 Å². The Balaban J connectivity index is 1.55. The molecule has 0 atom stereocenters. The summed E-state index contributed by atoms with van der Waals surface area (Å²) in [6.07, 6.45) is 0. The third-order valence-electron chi connectivity index (χ3n) is 5.16. The van der Waals surface area contributed by atoms with Crippen molar-refractivity contribution in [2.24, 2.45) is 4.99 Å². The Bertz CT molecular complexity index is 1430. The molecule has 1 aromatic heterocycles. The number of carbonyl (C=O) groups excluding carboxylic acids is 2. The van der Waals surface area contributed by atoms with Gasteiger partial charge in [-0.05, 0) is 42.5 Å². The van der Waals surface area contributed by atoms with Crippen molar-refractivity contribution in [2.75, 3.05) is 24.0 Å². The molecule has 0 spiro atoms. The maximum atomic E-state index is 13.8. The highest BCUT2D eigenvalue weighted by molar-refractivity contribution is 7.07. The number of hydrogen-bond donors (Lipinski definition) is 1. The van der Waals surface area contributed by atoms with E-state index in [-0.39, 0.29) is 22.3 Å². The van der Waals surface area contributed by atoms with Gasteiger partial charge in [-0.1, -0.05) is 11.3 Å². The number of amides is 1. The Hall–Kier alpha value is -3.79. The van der Waals surface area contributed by atoms with Crippen LogP contribution < -0.4 is 25.1 Å². The van der Waals surface area contributed by atoms with E-state index in [0.29, 0.717) is 28.3 Å². The number of carbonyl (C=O) groups is 2. The third-order valence-corrected chi connectivity index (χ3v) is 6.27. The van der Waals surface area contributed by atoms with Crippen molar-refractivity contribution in [3.05, 3.63) is 79.1 Å².